The van der Waals surface area contributed by atoms with E-state index in [0.29, 0.717) is 41.1 Å². The molecule has 0 aliphatic heterocycles. The number of rotatable bonds is 10. The van der Waals surface area contributed by atoms with Crippen LogP contribution < -0.4 is 20.1 Å². The molecule has 2 atom stereocenters. The van der Waals surface area contributed by atoms with Gasteiger partial charge in [0.05, 0.1) is 0 Å². The minimum atomic E-state index is -0.640. The number of halogens is 2. The average molecular weight is 439 g/mol. The fraction of sp³-hybridized carbons (Fsp3) is 0.333. The molecule has 0 aromatic heterocycles. The van der Waals surface area contributed by atoms with Crippen LogP contribution in [-0.4, -0.2) is 37.1 Å². The van der Waals surface area contributed by atoms with Crippen LogP contribution in [0.5, 0.6) is 11.5 Å². The molecular weight excluding hydrogens is 415 g/mol. The summed E-state index contributed by atoms with van der Waals surface area (Å²) in [6.07, 6.45) is -0.698. The monoisotopic (exact) mass is 438 g/mol. The SMILES string of the molecule is CC(Oc1ccc(Cl)cc1)C(=O)NCCCNC(=O)C(C)Oc1ccc(Cl)cc1. The fourth-order valence-electron chi connectivity index (χ4n) is 2.34. The van der Waals surface area contributed by atoms with Crippen molar-refractivity contribution in [2.75, 3.05) is 13.1 Å². The Hall–Kier alpha value is -2.44. The zero-order chi connectivity index (χ0) is 21.2. The summed E-state index contributed by atoms with van der Waals surface area (Å²) in [5.41, 5.74) is 0. The van der Waals surface area contributed by atoms with Gasteiger partial charge in [-0.15, -0.1) is 0 Å². The second kappa shape index (κ2) is 11.5. The molecule has 0 aliphatic rings. The molecule has 29 heavy (non-hydrogen) atoms. The molecule has 8 heteroatoms. The molecule has 0 bridgehead atoms. The molecule has 2 rings (SSSR count). The lowest BCUT2D eigenvalue weighted by Crippen LogP contribution is -2.39. The van der Waals surface area contributed by atoms with Crippen LogP contribution in [0.25, 0.3) is 0 Å². The molecule has 0 heterocycles. The van der Waals surface area contributed by atoms with Crippen molar-refractivity contribution in [1.29, 1.82) is 0 Å². The normalized spacial score (nSPS) is 12.6. The van der Waals surface area contributed by atoms with E-state index in [1.54, 1.807) is 62.4 Å². The molecule has 0 saturated heterocycles. The Morgan fingerprint density at radius 3 is 1.45 bits per heavy atom. The fourth-order valence-corrected chi connectivity index (χ4v) is 2.59. The molecule has 2 unspecified atom stereocenters. The summed E-state index contributed by atoms with van der Waals surface area (Å²) in [5.74, 6) is 0.675. The van der Waals surface area contributed by atoms with Gasteiger partial charge in [0.15, 0.2) is 12.2 Å². The van der Waals surface area contributed by atoms with Crippen LogP contribution in [-0.2, 0) is 9.59 Å². The number of ether oxygens (including phenoxy) is 2. The van der Waals surface area contributed by atoms with E-state index in [2.05, 4.69) is 10.6 Å². The molecule has 2 aromatic rings. The number of carbonyl (C=O) groups is 2. The minimum Gasteiger partial charge on any atom is -0.481 e. The molecule has 0 saturated carbocycles. The first kappa shape index (κ1) is 22.8. The average Bonchev–Trinajstić information content (AvgIpc) is 2.70. The van der Waals surface area contributed by atoms with Gasteiger partial charge < -0.3 is 20.1 Å². The van der Waals surface area contributed by atoms with Crippen molar-refractivity contribution in [1.82, 2.24) is 10.6 Å². The highest BCUT2D eigenvalue weighted by Gasteiger charge is 2.15. The quantitative estimate of drug-likeness (QED) is 0.552. The van der Waals surface area contributed by atoms with Crippen LogP contribution in [0.15, 0.2) is 48.5 Å². The highest BCUT2D eigenvalue weighted by atomic mass is 35.5. The predicted octanol–water partition coefficient (Wildman–Crippen LogP) is 3.85. The number of nitrogens with one attached hydrogen (secondary N) is 2. The van der Waals surface area contributed by atoms with Crippen molar-refractivity contribution < 1.29 is 19.1 Å². The lowest BCUT2D eigenvalue weighted by Gasteiger charge is -2.16. The lowest BCUT2D eigenvalue weighted by atomic mass is 10.3. The second-order valence-electron chi connectivity index (χ2n) is 6.36. The third kappa shape index (κ3) is 8.21. The summed E-state index contributed by atoms with van der Waals surface area (Å²) in [5, 5.41) is 6.76. The van der Waals surface area contributed by atoms with Gasteiger partial charge in [-0.1, -0.05) is 23.2 Å². The number of benzene rings is 2. The molecular formula is C21H24Cl2N2O4. The Kier molecular flexibility index (Phi) is 9.09. The van der Waals surface area contributed by atoms with Crippen LogP contribution in [0, 0.1) is 0 Å². The Morgan fingerprint density at radius 1 is 0.759 bits per heavy atom. The molecule has 0 spiro atoms. The van der Waals surface area contributed by atoms with Crippen molar-refractivity contribution >= 4 is 35.0 Å². The molecule has 156 valence electrons. The van der Waals surface area contributed by atoms with Crippen LogP contribution in [0.2, 0.25) is 10.0 Å². The summed E-state index contributed by atoms with van der Waals surface area (Å²) >= 11 is 11.6. The first-order chi connectivity index (χ1) is 13.8. The Morgan fingerprint density at radius 2 is 1.10 bits per heavy atom. The van der Waals surface area contributed by atoms with Gasteiger partial charge in [-0.25, -0.2) is 0 Å². The highest BCUT2D eigenvalue weighted by Crippen LogP contribution is 2.17. The van der Waals surface area contributed by atoms with E-state index in [0.717, 1.165) is 0 Å². The van der Waals surface area contributed by atoms with E-state index in [1.807, 2.05) is 0 Å². The summed E-state index contributed by atoms with van der Waals surface area (Å²) in [7, 11) is 0. The summed E-state index contributed by atoms with van der Waals surface area (Å²) in [4.78, 5) is 24.1. The topological polar surface area (TPSA) is 76.7 Å². The minimum absolute atomic E-state index is 0.231. The van der Waals surface area contributed by atoms with Gasteiger partial charge in [-0.3, -0.25) is 9.59 Å². The van der Waals surface area contributed by atoms with Crippen LogP contribution in [0.4, 0.5) is 0 Å². The number of amides is 2. The number of hydrogen-bond acceptors (Lipinski definition) is 4. The van der Waals surface area contributed by atoms with Gasteiger partial charge in [0.25, 0.3) is 11.8 Å². The standard InChI is InChI=1S/C21H24Cl2N2O4/c1-14(28-18-8-4-16(22)5-9-18)20(26)24-12-3-13-25-21(27)15(2)29-19-10-6-17(23)7-11-19/h4-11,14-15H,3,12-13H2,1-2H3,(H,24,26)(H,25,27). The maximum absolute atomic E-state index is 12.1. The summed E-state index contributed by atoms with van der Waals surface area (Å²) in [6.45, 7) is 4.17. The summed E-state index contributed by atoms with van der Waals surface area (Å²) in [6, 6.07) is 13.6. The smallest absolute Gasteiger partial charge is 0.260 e. The first-order valence-corrected chi connectivity index (χ1v) is 10.0. The molecule has 2 N–H and O–H groups in total. The molecule has 6 nitrogen and oxygen atoms in total. The zero-order valence-electron chi connectivity index (χ0n) is 16.3. The van der Waals surface area contributed by atoms with Crippen molar-refractivity contribution in [3.05, 3.63) is 58.6 Å². The van der Waals surface area contributed by atoms with E-state index in [4.69, 9.17) is 32.7 Å². The van der Waals surface area contributed by atoms with Gasteiger partial charge in [-0.05, 0) is 68.8 Å². The van der Waals surface area contributed by atoms with Gasteiger partial charge in [0, 0.05) is 23.1 Å². The van der Waals surface area contributed by atoms with Crippen molar-refractivity contribution in [3.63, 3.8) is 0 Å². The Balaban J connectivity index is 1.61. The maximum atomic E-state index is 12.1. The molecule has 0 radical (unpaired) electrons. The van der Waals surface area contributed by atoms with Crippen molar-refractivity contribution in [2.45, 2.75) is 32.5 Å². The third-order valence-electron chi connectivity index (χ3n) is 3.94. The van der Waals surface area contributed by atoms with Crippen LogP contribution in [0.3, 0.4) is 0 Å². The molecule has 0 aliphatic carbocycles. The number of hydrogen-bond donors (Lipinski definition) is 2. The van der Waals surface area contributed by atoms with Crippen LogP contribution in [0.1, 0.15) is 20.3 Å². The van der Waals surface area contributed by atoms with Gasteiger partial charge >= 0.3 is 0 Å². The van der Waals surface area contributed by atoms with E-state index in [9.17, 15) is 9.59 Å². The zero-order valence-corrected chi connectivity index (χ0v) is 17.8. The predicted molar refractivity (Wildman–Crippen MR) is 114 cm³/mol. The Labute approximate surface area is 180 Å². The lowest BCUT2D eigenvalue weighted by molar-refractivity contribution is -0.127. The largest absolute Gasteiger partial charge is 0.481 e. The molecule has 2 amide bonds. The van der Waals surface area contributed by atoms with Gasteiger partial charge in [0.2, 0.25) is 0 Å². The second-order valence-corrected chi connectivity index (χ2v) is 7.24. The van der Waals surface area contributed by atoms with Gasteiger partial charge in [0.1, 0.15) is 11.5 Å². The van der Waals surface area contributed by atoms with E-state index >= 15 is 0 Å². The highest BCUT2D eigenvalue weighted by molar-refractivity contribution is 6.30. The maximum Gasteiger partial charge on any atom is 0.260 e. The van der Waals surface area contributed by atoms with E-state index in [-0.39, 0.29) is 11.8 Å². The van der Waals surface area contributed by atoms with Crippen LogP contribution >= 0.6 is 23.2 Å². The van der Waals surface area contributed by atoms with Crippen molar-refractivity contribution in [3.8, 4) is 11.5 Å². The van der Waals surface area contributed by atoms with Gasteiger partial charge in [-0.2, -0.15) is 0 Å². The molecule has 2 aromatic carbocycles. The van der Waals surface area contributed by atoms with E-state index < -0.39 is 12.2 Å². The van der Waals surface area contributed by atoms with E-state index in [1.165, 1.54) is 0 Å². The first-order valence-electron chi connectivity index (χ1n) is 9.25. The molecule has 0 fully saturated rings. The Bertz CT molecular complexity index is 730. The third-order valence-corrected chi connectivity index (χ3v) is 4.45. The van der Waals surface area contributed by atoms with Crippen molar-refractivity contribution in [2.24, 2.45) is 0 Å². The number of carbonyl (C=O) groups excluding carboxylic acids is 2. The summed E-state index contributed by atoms with van der Waals surface area (Å²) < 4.78 is 11.1.